The van der Waals surface area contributed by atoms with Gasteiger partial charge in [-0.25, -0.2) is 13.1 Å². The summed E-state index contributed by atoms with van der Waals surface area (Å²) < 4.78 is 30.1. The highest BCUT2D eigenvalue weighted by molar-refractivity contribution is 7.98. The highest BCUT2D eigenvalue weighted by Crippen LogP contribution is 2.31. The Balaban J connectivity index is 1.67. The summed E-state index contributed by atoms with van der Waals surface area (Å²) in [6, 6.07) is 17.4. The molecule has 0 saturated heterocycles. The molecule has 6 nitrogen and oxygen atoms in total. The van der Waals surface area contributed by atoms with Gasteiger partial charge in [-0.2, -0.15) is 0 Å². The fourth-order valence-corrected chi connectivity index (χ4v) is 6.29. The standard InChI is InChI=1S/C23H18Cl4N4O2S2/c1-14-3-2-4-15(9-14)13-34-23-30-29-22(31(23)20-10-16(24)5-7-18(20)26)12-28-35(32,33)21-11-17(25)6-8-19(21)27/h2-11,28H,12-13H2,1H3. The summed E-state index contributed by atoms with van der Waals surface area (Å²) in [6.45, 7) is 1.85. The normalized spacial score (nSPS) is 11.7. The van der Waals surface area contributed by atoms with Crippen LogP contribution in [0.3, 0.4) is 0 Å². The average molecular weight is 588 g/mol. The van der Waals surface area contributed by atoms with Gasteiger partial charge in [0.1, 0.15) is 4.90 Å². The molecule has 3 aromatic carbocycles. The molecule has 182 valence electrons. The maximum absolute atomic E-state index is 12.9. The maximum atomic E-state index is 12.9. The average Bonchev–Trinajstić information content (AvgIpc) is 3.22. The lowest BCUT2D eigenvalue weighted by Gasteiger charge is -2.13. The third-order valence-corrected chi connectivity index (χ3v) is 8.58. The van der Waals surface area contributed by atoms with Crippen molar-refractivity contribution >= 4 is 68.2 Å². The molecule has 0 spiro atoms. The Hall–Kier alpha value is -1.78. The van der Waals surface area contributed by atoms with Gasteiger partial charge in [0.05, 0.1) is 22.3 Å². The molecule has 12 heteroatoms. The first kappa shape index (κ1) is 26.3. The van der Waals surface area contributed by atoms with Gasteiger partial charge in [-0.15, -0.1) is 10.2 Å². The molecule has 0 bridgehead atoms. The first-order valence-electron chi connectivity index (χ1n) is 10.2. The van der Waals surface area contributed by atoms with Crippen LogP contribution in [0.15, 0.2) is 70.7 Å². The van der Waals surface area contributed by atoms with Gasteiger partial charge in [0.2, 0.25) is 10.0 Å². The number of aromatic nitrogens is 3. The minimum Gasteiger partial charge on any atom is -0.271 e. The zero-order valence-corrected chi connectivity index (χ0v) is 22.8. The van der Waals surface area contributed by atoms with E-state index >= 15 is 0 Å². The molecule has 1 heterocycles. The third kappa shape index (κ3) is 6.32. The Kier molecular flexibility index (Phi) is 8.33. The van der Waals surface area contributed by atoms with E-state index in [1.807, 2.05) is 25.1 Å². The molecule has 0 fully saturated rings. The van der Waals surface area contributed by atoms with Gasteiger partial charge in [-0.05, 0) is 48.9 Å². The van der Waals surface area contributed by atoms with E-state index in [0.717, 1.165) is 11.1 Å². The first-order valence-corrected chi connectivity index (χ1v) is 14.1. The van der Waals surface area contributed by atoms with Gasteiger partial charge in [-0.3, -0.25) is 4.57 Å². The second-order valence-corrected chi connectivity index (χ2v) is 11.9. The van der Waals surface area contributed by atoms with Crippen molar-refractivity contribution in [3.05, 3.63) is 97.7 Å². The van der Waals surface area contributed by atoms with Gasteiger partial charge in [0.15, 0.2) is 11.0 Å². The van der Waals surface area contributed by atoms with E-state index in [9.17, 15) is 8.42 Å². The molecule has 0 unspecified atom stereocenters. The van der Waals surface area contributed by atoms with Gasteiger partial charge < -0.3 is 0 Å². The van der Waals surface area contributed by atoms with Crippen molar-refractivity contribution in [2.75, 3.05) is 0 Å². The van der Waals surface area contributed by atoms with Crippen molar-refractivity contribution in [2.45, 2.75) is 29.3 Å². The topological polar surface area (TPSA) is 76.9 Å². The smallest absolute Gasteiger partial charge is 0.242 e. The predicted molar refractivity (Wildman–Crippen MR) is 143 cm³/mol. The fourth-order valence-electron chi connectivity index (χ4n) is 3.28. The summed E-state index contributed by atoms with van der Waals surface area (Å²) in [5, 5.41) is 10.2. The minimum absolute atomic E-state index is 0.0515. The lowest BCUT2D eigenvalue weighted by molar-refractivity contribution is 0.578. The lowest BCUT2D eigenvalue weighted by atomic mass is 10.2. The highest BCUT2D eigenvalue weighted by atomic mass is 35.5. The quantitative estimate of drug-likeness (QED) is 0.225. The summed E-state index contributed by atoms with van der Waals surface area (Å²) >= 11 is 26.2. The number of benzene rings is 3. The van der Waals surface area contributed by atoms with E-state index in [1.54, 1.807) is 22.8 Å². The largest absolute Gasteiger partial charge is 0.271 e. The molecule has 0 aliphatic heterocycles. The maximum Gasteiger partial charge on any atom is 0.242 e. The number of hydrogen-bond donors (Lipinski definition) is 1. The van der Waals surface area contributed by atoms with Gasteiger partial charge in [-0.1, -0.05) is 88.0 Å². The lowest BCUT2D eigenvalue weighted by Crippen LogP contribution is -2.25. The predicted octanol–water partition coefficient (Wildman–Crippen LogP) is 6.96. The van der Waals surface area contributed by atoms with E-state index in [4.69, 9.17) is 46.4 Å². The third-order valence-electron chi connectivity index (χ3n) is 4.90. The molecule has 1 N–H and O–H groups in total. The van der Waals surface area contributed by atoms with Crippen molar-refractivity contribution in [3.8, 4) is 5.69 Å². The molecule has 0 saturated carbocycles. The van der Waals surface area contributed by atoms with Crippen molar-refractivity contribution < 1.29 is 8.42 Å². The highest BCUT2D eigenvalue weighted by Gasteiger charge is 2.22. The van der Waals surface area contributed by atoms with Crippen molar-refractivity contribution in [1.82, 2.24) is 19.5 Å². The number of nitrogens with one attached hydrogen (secondary N) is 1. The van der Waals surface area contributed by atoms with Crippen LogP contribution >= 0.6 is 58.2 Å². The zero-order chi connectivity index (χ0) is 25.2. The first-order chi connectivity index (χ1) is 16.6. The number of hydrogen-bond acceptors (Lipinski definition) is 5. The van der Waals surface area contributed by atoms with Crippen LogP contribution in [0.1, 0.15) is 17.0 Å². The van der Waals surface area contributed by atoms with Gasteiger partial charge in [0.25, 0.3) is 0 Å². The molecule has 4 rings (SSSR count). The van der Waals surface area contributed by atoms with Crippen molar-refractivity contribution in [2.24, 2.45) is 0 Å². The molecular formula is C23H18Cl4N4O2S2. The Bertz CT molecular complexity index is 1490. The molecule has 0 aliphatic rings. The molecule has 0 aliphatic carbocycles. The number of aryl methyl sites for hydroxylation is 1. The number of rotatable bonds is 8. The van der Waals surface area contributed by atoms with Crippen molar-refractivity contribution in [3.63, 3.8) is 0 Å². The monoisotopic (exact) mass is 586 g/mol. The summed E-state index contributed by atoms with van der Waals surface area (Å²) in [7, 11) is -3.99. The van der Waals surface area contributed by atoms with Crippen LogP contribution < -0.4 is 4.72 Å². The van der Waals surface area contributed by atoms with E-state index in [-0.39, 0.29) is 21.5 Å². The fraction of sp³-hybridized carbons (Fsp3) is 0.130. The van der Waals surface area contributed by atoms with Crippen LogP contribution in [0.5, 0.6) is 0 Å². The van der Waals surface area contributed by atoms with Crippen LogP contribution in [-0.4, -0.2) is 23.2 Å². The second-order valence-electron chi connectivity index (χ2n) is 7.51. The number of nitrogens with zero attached hydrogens (tertiary/aromatic N) is 3. The zero-order valence-electron chi connectivity index (χ0n) is 18.2. The van der Waals surface area contributed by atoms with E-state index in [1.165, 1.54) is 30.0 Å². The Morgan fingerprint density at radius 2 is 1.63 bits per heavy atom. The summed E-state index contributed by atoms with van der Waals surface area (Å²) in [5.74, 6) is 0.949. The van der Waals surface area contributed by atoms with Crippen LogP contribution in [0.2, 0.25) is 20.1 Å². The van der Waals surface area contributed by atoms with E-state index < -0.39 is 10.0 Å². The van der Waals surface area contributed by atoms with E-state index in [0.29, 0.717) is 32.5 Å². The molecule has 0 atom stereocenters. The molecule has 1 aromatic heterocycles. The Labute approximate surface area is 227 Å². The SMILES string of the molecule is Cc1cccc(CSc2nnc(CNS(=O)(=O)c3cc(Cl)ccc3Cl)n2-c2cc(Cl)ccc2Cl)c1. The van der Waals surface area contributed by atoms with E-state index in [2.05, 4.69) is 21.0 Å². The van der Waals surface area contributed by atoms with Gasteiger partial charge >= 0.3 is 0 Å². The molecular weight excluding hydrogens is 570 g/mol. The summed E-state index contributed by atoms with van der Waals surface area (Å²) in [6.07, 6.45) is 0. The number of halogens is 4. The number of sulfonamides is 1. The molecule has 0 amide bonds. The van der Waals surface area contributed by atoms with Crippen LogP contribution in [0.4, 0.5) is 0 Å². The van der Waals surface area contributed by atoms with Crippen molar-refractivity contribution in [1.29, 1.82) is 0 Å². The van der Waals surface area contributed by atoms with Crippen LogP contribution in [-0.2, 0) is 22.3 Å². The summed E-state index contributed by atoms with van der Waals surface area (Å²) in [5.41, 5.74) is 2.79. The molecule has 0 radical (unpaired) electrons. The second kappa shape index (κ2) is 11.1. The minimum atomic E-state index is -3.99. The molecule has 35 heavy (non-hydrogen) atoms. The molecule has 4 aromatic rings. The van der Waals surface area contributed by atoms with Gasteiger partial charge in [0, 0.05) is 15.8 Å². The number of thioether (sulfide) groups is 1. The van der Waals surface area contributed by atoms with Crippen LogP contribution in [0.25, 0.3) is 5.69 Å². The van der Waals surface area contributed by atoms with Crippen LogP contribution in [0, 0.1) is 6.92 Å². The summed E-state index contributed by atoms with van der Waals surface area (Å²) in [4.78, 5) is -0.132. The Morgan fingerprint density at radius 3 is 2.37 bits per heavy atom. The Morgan fingerprint density at radius 1 is 0.914 bits per heavy atom.